The molecule has 0 bridgehead atoms. The van der Waals surface area contributed by atoms with Gasteiger partial charge in [0.05, 0.1) is 48.9 Å². The molecule has 0 saturated carbocycles. The Hall–Kier alpha value is -4.44. The quantitative estimate of drug-likeness (QED) is 0.267. The standard InChI is InChI=1S/C31H37N3O7/c1-19-24-16-27(38-4)26(37-3)13-21(24)10-11-34(19)18-23-12-20(8-9-25(23)36-2)17-32-33-31(35)22-14-28(39-5)30(41-7)29(15-22)40-6/h8-9,12-17,19H,10-11,18H2,1-7H3,(H,33,35)/b32-17-/t19-/m0/s1. The number of methoxy groups -OCH3 is 6. The third-order valence-electron chi connectivity index (χ3n) is 7.30. The van der Waals surface area contributed by atoms with Gasteiger partial charge in [0.25, 0.3) is 5.91 Å². The molecule has 10 nitrogen and oxygen atoms in total. The van der Waals surface area contributed by atoms with E-state index in [1.807, 2.05) is 18.2 Å². The summed E-state index contributed by atoms with van der Waals surface area (Å²) in [6.45, 7) is 3.76. The molecule has 1 aliphatic heterocycles. The van der Waals surface area contributed by atoms with Crippen molar-refractivity contribution in [3.05, 3.63) is 70.3 Å². The smallest absolute Gasteiger partial charge is 0.271 e. The summed E-state index contributed by atoms with van der Waals surface area (Å²) in [5, 5.41) is 4.18. The van der Waals surface area contributed by atoms with Crippen LogP contribution < -0.4 is 33.8 Å². The summed E-state index contributed by atoms with van der Waals surface area (Å²) in [4.78, 5) is 15.2. The Balaban J connectivity index is 1.50. The van der Waals surface area contributed by atoms with E-state index in [1.165, 1.54) is 32.5 Å². The Morgan fingerprint density at radius 3 is 2.10 bits per heavy atom. The first-order valence-corrected chi connectivity index (χ1v) is 13.2. The van der Waals surface area contributed by atoms with Crippen LogP contribution in [-0.2, 0) is 13.0 Å². The molecule has 1 atom stereocenters. The van der Waals surface area contributed by atoms with Crippen LogP contribution >= 0.6 is 0 Å². The molecule has 41 heavy (non-hydrogen) atoms. The van der Waals surface area contributed by atoms with Crippen LogP contribution in [0.2, 0.25) is 0 Å². The lowest BCUT2D eigenvalue weighted by Gasteiger charge is -2.36. The largest absolute Gasteiger partial charge is 0.496 e. The molecular formula is C31H37N3O7. The van der Waals surface area contributed by atoms with Gasteiger partial charge in [-0.25, -0.2) is 5.43 Å². The van der Waals surface area contributed by atoms with E-state index in [0.717, 1.165) is 41.3 Å². The Bertz CT molecular complexity index is 1400. The molecule has 1 N–H and O–H groups in total. The molecule has 0 saturated heterocycles. The minimum absolute atomic E-state index is 0.165. The molecule has 1 heterocycles. The number of nitrogens with one attached hydrogen (secondary N) is 1. The number of nitrogens with zero attached hydrogens (tertiary/aromatic N) is 2. The Morgan fingerprint density at radius 2 is 1.49 bits per heavy atom. The Morgan fingerprint density at radius 1 is 0.854 bits per heavy atom. The van der Waals surface area contributed by atoms with Gasteiger partial charge >= 0.3 is 0 Å². The van der Waals surface area contributed by atoms with Gasteiger partial charge < -0.3 is 28.4 Å². The maximum absolute atomic E-state index is 12.8. The van der Waals surface area contributed by atoms with E-state index in [9.17, 15) is 4.79 Å². The lowest BCUT2D eigenvalue weighted by atomic mass is 9.92. The lowest BCUT2D eigenvalue weighted by molar-refractivity contribution is 0.0954. The minimum Gasteiger partial charge on any atom is -0.496 e. The number of hydrogen-bond acceptors (Lipinski definition) is 9. The monoisotopic (exact) mass is 563 g/mol. The van der Waals surface area contributed by atoms with Crippen LogP contribution in [0.25, 0.3) is 0 Å². The number of hydrogen-bond donors (Lipinski definition) is 1. The van der Waals surface area contributed by atoms with Crippen molar-refractivity contribution in [2.45, 2.75) is 25.9 Å². The van der Waals surface area contributed by atoms with Crippen LogP contribution in [-0.4, -0.2) is 66.2 Å². The normalized spacial score (nSPS) is 14.8. The number of carbonyl (C=O) groups is 1. The van der Waals surface area contributed by atoms with Crippen molar-refractivity contribution < 1.29 is 33.2 Å². The second-order valence-corrected chi connectivity index (χ2v) is 9.49. The Kier molecular flexibility index (Phi) is 9.57. The van der Waals surface area contributed by atoms with E-state index < -0.39 is 5.91 Å². The Labute approximate surface area is 240 Å². The summed E-state index contributed by atoms with van der Waals surface area (Å²) in [6, 6.07) is 13.3. The summed E-state index contributed by atoms with van der Waals surface area (Å²) >= 11 is 0. The second-order valence-electron chi connectivity index (χ2n) is 9.49. The number of carbonyl (C=O) groups excluding carboxylic acids is 1. The molecule has 0 fully saturated rings. The van der Waals surface area contributed by atoms with E-state index in [1.54, 1.807) is 39.7 Å². The predicted octanol–water partition coefficient (Wildman–Crippen LogP) is 4.62. The highest BCUT2D eigenvalue weighted by molar-refractivity contribution is 5.96. The molecule has 0 aliphatic carbocycles. The highest BCUT2D eigenvalue weighted by Gasteiger charge is 2.27. The molecular weight excluding hydrogens is 526 g/mol. The zero-order valence-electron chi connectivity index (χ0n) is 24.6. The molecule has 1 aliphatic rings. The van der Waals surface area contributed by atoms with Crippen molar-refractivity contribution in [2.75, 3.05) is 49.2 Å². The zero-order chi connectivity index (χ0) is 29.5. The first-order chi connectivity index (χ1) is 19.9. The van der Waals surface area contributed by atoms with E-state index in [-0.39, 0.29) is 6.04 Å². The van der Waals surface area contributed by atoms with Gasteiger partial charge in [-0.15, -0.1) is 0 Å². The minimum atomic E-state index is -0.415. The summed E-state index contributed by atoms with van der Waals surface area (Å²) in [5.74, 6) is 3.02. The van der Waals surface area contributed by atoms with Crippen molar-refractivity contribution in [2.24, 2.45) is 5.10 Å². The SMILES string of the molecule is COc1ccc(/C=N\NC(=O)c2cc(OC)c(OC)c(OC)c2)cc1CN1CCc2cc(OC)c(OC)cc2[C@@H]1C. The summed E-state index contributed by atoms with van der Waals surface area (Å²) in [5.41, 5.74) is 7.22. The van der Waals surface area contributed by atoms with E-state index >= 15 is 0 Å². The van der Waals surface area contributed by atoms with Gasteiger partial charge in [-0.2, -0.15) is 5.10 Å². The van der Waals surface area contributed by atoms with Crippen molar-refractivity contribution in [3.63, 3.8) is 0 Å². The molecule has 0 aromatic heterocycles. The van der Waals surface area contributed by atoms with Gasteiger partial charge in [0.15, 0.2) is 23.0 Å². The molecule has 0 radical (unpaired) electrons. The summed E-state index contributed by atoms with van der Waals surface area (Å²) < 4.78 is 32.7. The van der Waals surface area contributed by atoms with Gasteiger partial charge in [-0.05, 0) is 72.5 Å². The third kappa shape index (κ3) is 6.33. The molecule has 0 spiro atoms. The van der Waals surface area contributed by atoms with Crippen LogP contribution in [0.5, 0.6) is 34.5 Å². The fourth-order valence-corrected chi connectivity index (χ4v) is 5.08. The second kappa shape index (κ2) is 13.3. The van der Waals surface area contributed by atoms with Crippen LogP contribution in [0.1, 0.15) is 45.6 Å². The van der Waals surface area contributed by atoms with Crippen LogP contribution in [0.15, 0.2) is 47.6 Å². The van der Waals surface area contributed by atoms with Gasteiger partial charge in [0.2, 0.25) is 5.75 Å². The van der Waals surface area contributed by atoms with Crippen LogP contribution in [0.3, 0.4) is 0 Å². The number of benzene rings is 3. The molecule has 10 heteroatoms. The third-order valence-corrected chi connectivity index (χ3v) is 7.30. The maximum Gasteiger partial charge on any atom is 0.271 e. The van der Waals surface area contributed by atoms with E-state index in [2.05, 4.69) is 34.5 Å². The number of fused-ring (bicyclic) bond motifs is 1. The average Bonchev–Trinajstić information content (AvgIpc) is 3.01. The van der Waals surface area contributed by atoms with Crippen LogP contribution in [0, 0.1) is 0 Å². The predicted molar refractivity (Wildman–Crippen MR) is 156 cm³/mol. The van der Waals surface area contributed by atoms with Crippen LogP contribution in [0.4, 0.5) is 0 Å². The summed E-state index contributed by atoms with van der Waals surface area (Å²) in [7, 11) is 9.47. The highest BCUT2D eigenvalue weighted by atomic mass is 16.5. The van der Waals surface area contributed by atoms with E-state index in [0.29, 0.717) is 29.4 Å². The molecule has 0 unspecified atom stereocenters. The van der Waals surface area contributed by atoms with Gasteiger partial charge in [-0.1, -0.05) is 0 Å². The highest BCUT2D eigenvalue weighted by Crippen LogP contribution is 2.39. The van der Waals surface area contributed by atoms with Crippen molar-refractivity contribution >= 4 is 12.1 Å². The maximum atomic E-state index is 12.8. The molecule has 3 aromatic rings. The number of rotatable bonds is 11. The van der Waals surface area contributed by atoms with Crippen molar-refractivity contribution in [3.8, 4) is 34.5 Å². The molecule has 218 valence electrons. The first kappa shape index (κ1) is 29.5. The van der Waals surface area contributed by atoms with E-state index in [4.69, 9.17) is 28.4 Å². The average molecular weight is 564 g/mol. The number of hydrazone groups is 1. The fraction of sp³-hybridized carbons (Fsp3) is 0.355. The molecule has 1 amide bonds. The van der Waals surface area contributed by atoms with Crippen molar-refractivity contribution in [1.29, 1.82) is 0 Å². The molecule has 3 aromatic carbocycles. The fourth-order valence-electron chi connectivity index (χ4n) is 5.08. The summed E-state index contributed by atoms with van der Waals surface area (Å²) in [6.07, 6.45) is 2.50. The number of amides is 1. The van der Waals surface area contributed by atoms with Gasteiger partial charge in [-0.3, -0.25) is 9.69 Å². The lowest BCUT2D eigenvalue weighted by Crippen LogP contribution is -2.33. The zero-order valence-corrected chi connectivity index (χ0v) is 24.6. The van der Waals surface area contributed by atoms with Crippen molar-refractivity contribution in [1.82, 2.24) is 10.3 Å². The molecule has 4 rings (SSSR count). The van der Waals surface area contributed by atoms with Gasteiger partial charge in [0.1, 0.15) is 5.75 Å². The first-order valence-electron chi connectivity index (χ1n) is 13.2. The topological polar surface area (TPSA) is 100 Å². The number of ether oxygens (including phenoxy) is 6. The van der Waals surface area contributed by atoms with Gasteiger partial charge in [0, 0.05) is 30.3 Å².